The SMILES string of the molecule is NC=CCSCCO. The van der Waals surface area contributed by atoms with Crippen molar-refractivity contribution in [3.63, 3.8) is 0 Å². The fourth-order valence-corrected chi connectivity index (χ4v) is 0.814. The summed E-state index contributed by atoms with van der Waals surface area (Å²) in [4.78, 5) is 0. The number of hydrogen-bond donors (Lipinski definition) is 2. The van der Waals surface area contributed by atoms with Crippen LogP contribution in [0.3, 0.4) is 0 Å². The van der Waals surface area contributed by atoms with E-state index in [2.05, 4.69) is 0 Å². The average molecular weight is 133 g/mol. The molecule has 2 nitrogen and oxygen atoms in total. The summed E-state index contributed by atoms with van der Waals surface area (Å²) < 4.78 is 0. The lowest BCUT2D eigenvalue weighted by atomic mass is 10.7. The first-order valence-electron chi connectivity index (χ1n) is 2.47. The van der Waals surface area contributed by atoms with E-state index in [9.17, 15) is 0 Å². The Morgan fingerprint density at radius 3 is 2.88 bits per heavy atom. The summed E-state index contributed by atoms with van der Waals surface area (Å²) in [5.41, 5.74) is 5.05. The second kappa shape index (κ2) is 6.85. The molecular formula is C5H11NOS. The molecule has 0 aromatic rings. The predicted molar refractivity (Wildman–Crippen MR) is 37.7 cm³/mol. The topological polar surface area (TPSA) is 46.2 Å². The maximum Gasteiger partial charge on any atom is 0.0521 e. The molecule has 0 spiro atoms. The summed E-state index contributed by atoms with van der Waals surface area (Å²) >= 11 is 1.66. The second-order valence-corrected chi connectivity index (χ2v) is 2.38. The molecule has 0 aliphatic heterocycles. The van der Waals surface area contributed by atoms with Gasteiger partial charge in [0.1, 0.15) is 0 Å². The Labute approximate surface area is 53.8 Å². The van der Waals surface area contributed by atoms with Crippen molar-refractivity contribution in [2.75, 3.05) is 18.1 Å². The molecule has 8 heavy (non-hydrogen) atoms. The molecule has 3 N–H and O–H groups in total. The molecule has 0 heterocycles. The van der Waals surface area contributed by atoms with Crippen LogP contribution in [0.5, 0.6) is 0 Å². The van der Waals surface area contributed by atoms with Gasteiger partial charge in [-0.3, -0.25) is 0 Å². The molecular weight excluding hydrogens is 122 g/mol. The zero-order valence-corrected chi connectivity index (χ0v) is 5.53. The van der Waals surface area contributed by atoms with Crippen molar-refractivity contribution >= 4 is 11.8 Å². The molecule has 0 fully saturated rings. The summed E-state index contributed by atoms with van der Waals surface area (Å²) in [5.74, 6) is 1.70. The van der Waals surface area contributed by atoms with Gasteiger partial charge in [-0.15, -0.1) is 0 Å². The summed E-state index contributed by atoms with van der Waals surface area (Å²) in [6, 6.07) is 0. The molecule has 0 aromatic carbocycles. The van der Waals surface area contributed by atoms with Gasteiger partial charge in [-0.1, -0.05) is 6.08 Å². The lowest BCUT2D eigenvalue weighted by molar-refractivity contribution is 0.322. The van der Waals surface area contributed by atoms with E-state index in [-0.39, 0.29) is 6.61 Å². The van der Waals surface area contributed by atoms with Gasteiger partial charge in [-0.05, 0) is 6.20 Å². The lowest BCUT2D eigenvalue weighted by Gasteiger charge is -1.89. The Kier molecular flexibility index (Phi) is 6.72. The number of thioether (sulfide) groups is 1. The van der Waals surface area contributed by atoms with Crippen molar-refractivity contribution < 1.29 is 5.11 Å². The number of hydrogen-bond acceptors (Lipinski definition) is 3. The second-order valence-electron chi connectivity index (χ2n) is 1.23. The molecule has 0 aliphatic rings. The van der Waals surface area contributed by atoms with Gasteiger partial charge in [-0.2, -0.15) is 11.8 Å². The number of aliphatic hydroxyl groups excluding tert-OH is 1. The highest BCUT2D eigenvalue weighted by atomic mass is 32.2. The zero-order chi connectivity index (χ0) is 6.24. The molecule has 0 saturated carbocycles. The summed E-state index contributed by atoms with van der Waals surface area (Å²) in [6.07, 6.45) is 3.38. The van der Waals surface area contributed by atoms with Crippen molar-refractivity contribution in [1.29, 1.82) is 0 Å². The van der Waals surface area contributed by atoms with Crippen LogP contribution in [-0.4, -0.2) is 23.2 Å². The van der Waals surface area contributed by atoms with Gasteiger partial charge in [0, 0.05) is 11.5 Å². The Bertz CT molecular complexity index is 65.4. The normalized spacial score (nSPS) is 10.6. The quantitative estimate of drug-likeness (QED) is 0.538. The van der Waals surface area contributed by atoms with Crippen LogP contribution in [0.2, 0.25) is 0 Å². The van der Waals surface area contributed by atoms with Crippen molar-refractivity contribution in [1.82, 2.24) is 0 Å². The van der Waals surface area contributed by atoms with Gasteiger partial charge >= 0.3 is 0 Å². The zero-order valence-electron chi connectivity index (χ0n) is 4.71. The van der Waals surface area contributed by atoms with Crippen LogP contribution in [-0.2, 0) is 0 Å². The highest BCUT2D eigenvalue weighted by Crippen LogP contribution is 1.96. The van der Waals surface area contributed by atoms with Crippen LogP contribution in [0.15, 0.2) is 12.3 Å². The average Bonchev–Trinajstić information content (AvgIpc) is 1.81. The molecule has 0 amide bonds. The first-order valence-corrected chi connectivity index (χ1v) is 3.62. The number of nitrogens with two attached hydrogens (primary N) is 1. The summed E-state index contributed by atoms with van der Waals surface area (Å²) in [5, 5.41) is 8.29. The van der Waals surface area contributed by atoms with Crippen molar-refractivity contribution in [3.05, 3.63) is 12.3 Å². The Hall–Kier alpha value is -0.150. The highest BCUT2D eigenvalue weighted by Gasteiger charge is 1.79. The van der Waals surface area contributed by atoms with Crippen LogP contribution in [0, 0.1) is 0 Å². The van der Waals surface area contributed by atoms with E-state index in [1.165, 1.54) is 6.20 Å². The van der Waals surface area contributed by atoms with Crippen LogP contribution in [0.25, 0.3) is 0 Å². The van der Waals surface area contributed by atoms with Gasteiger partial charge in [0.25, 0.3) is 0 Å². The monoisotopic (exact) mass is 133 g/mol. The molecule has 3 heteroatoms. The van der Waals surface area contributed by atoms with Crippen molar-refractivity contribution in [3.8, 4) is 0 Å². The predicted octanol–water partition coefficient (Wildman–Crippen LogP) is 0.184. The molecule has 0 radical (unpaired) electrons. The van der Waals surface area contributed by atoms with E-state index < -0.39 is 0 Å². The fourth-order valence-electron chi connectivity index (χ4n) is 0.271. The largest absolute Gasteiger partial charge is 0.405 e. The van der Waals surface area contributed by atoms with Crippen LogP contribution >= 0.6 is 11.8 Å². The minimum atomic E-state index is 0.253. The third kappa shape index (κ3) is 5.85. The van der Waals surface area contributed by atoms with E-state index in [1.54, 1.807) is 11.8 Å². The van der Waals surface area contributed by atoms with E-state index in [1.807, 2.05) is 6.08 Å². The molecule has 0 aliphatic carbocycles. The van der Waals surface area contributed by atoms with Gasteiger partial charge in [-0.25, -0.2) is 0 Å². The van der Waals surface area contributed by atoms with E-state index in [0.29, 0.717) is 0 Å². The van der Waals surface area contributed by atoms with Crippen molar-refractivity contribution in [2.45, 2.75) is 0 Å². The lowest BCUT2D eigenvalue weighted by Crippen LogP contribution is -1.86. The van der Waals surface area contributed by atoms with Crippen LogP contribution in [0.4, 0.5) is 0 Å². The molecule has 48 valence electrons. The molecule has 0 atom stereocenters. The minimum absolute atomic E-state index is 0.253. The third-order valence-electron chi connectivity index (χ3n) is 0.586. The van der Waals surface area contributed by atoms with E-state index >= 15 is 0 Å². The Balaban J connectivity index is 2.72. The van der Waals surface area contributed by atoms with Gasteiger partial charge in [0.05, 0.1) is 6.61 Å². The molecule has 0 unspecified atom stereocenters. The standard InChI is InChI=1S/C5H11NOS/c6-2-1-4-8-5-3-7/h1-2,7H,3-6H2. The summed E-state index contributed by atoms with van der Waals surface area (Å²) in [7, 11) is 0. The number of rotatable bonds is 4. The molecule has 0 bridgehead atoms. The summed E-state index contributed by atoms with van der Waals surface area (Å²) in [6.45, 7) is 0.253. The molecule has 0 saturated heterocycles. The van der Waals surface area contributed by atoms with Gasteiger partial charge in [0.2, 0.25) is 0 Å². The third-order valence-corrected chi connectivity index (χ3v) is 1.49. The minimum Gasteiger partial charge on any atom is -0.405 e. The van der Waals surface area contributed by atoms with Gasteiger partial charge in [0.15, 0.2) is 0 Å². The first kappa shape index (κ1) is 7.85. The Morgan fingerprint density at radius 2 is 2.38 bits per heavy atom. The van der Waals surface area contributed by atoms with E-state index in [4.69, 9.17) is 10.8 Å². The van der Waals surface area contributed by atoms with Crippen LogP contribution in [0.1, 0.15) is 0 Å². The first-order chi connectivity index (χ1) is 3.91. The Morgan fingerprint density at radius 1 is 1.62 bits per heavy atom. The smallest absolute Gasteiger partial charge is 0.0521 e. The van der Waals surface area contributed by atoms with E-state index in [0.717, 1.165) is 11.5 Å². The molecule has 0 rings (SSSR count). The van der Waals surface area contributed by atoms with Gasteiger partial charge < -0.3 is 10.8 Å². The maximum absolute atomic E-state index is 8.29. The van der Waals surface area contributed by atoms with Crippen LogP contribution < -0.4 is 5.73 Å². The number of aliphatic hydroxyl groups is 1. The maximum atomic E-state index is 8.29. The molecule has 0 aromatic heterocycles. The van der Waals surface area contributed by atoms with Crippen molar-refractivity contribution in [2.24, 2.45) is 5.73 Å². The highest BCUT2D eigenvalue weighted by molar-refractivity contribution is 7.99. The fraction of sp³-hybridized carbons (Fsp3) is 0.600.